The van der Waals surface area contributed by atoms with E-state index in [2.05, 4.69) is 35.0 Å². The number of carbonyl (C=O) groups excluding carboxylic acids is 1. The maximum atomic E-state index is 13.3. The van der Waals surface area contributed by atoms with Crippen LogP contribution in [0.5, 0.6) is 0 Å². The molecule has 1 fully saturated rings. The molecule has 0 N–H and O–H groups in total. The Hall–Kier alpha value is -2.20. The molecule has 0 radical (unpaired) electrons. The van der Waals surface area contributed by atoms with Crippen LogP contribution in [-0.2, 0) is 13.0 Å². The predicted octanol–water partition coefficient (Wildman–Crippen LogP) is 3.27. The van der Waals surface area contributed by atoms with Crippen LogP contribution in [-0.4, -0.2) is 34.9 Å². The second kappa shape index (κ2) is 6.36. The van der Waals surface area contributed by atoms with Gasteiger partial charge in [0.05, 0.1) is 0 Å². The molecule has 0 spiro atoms. The van der Waals surface area contributed by atoms with Gasteiger partial charge in [-0.15, -0.1) is 0 Å². The Labute approximate surface area is 143 Å². The second-order valence-corrected chi connectivity index (χ2v) is 6.68. The zero-order valence-corrected chi connectivity index (χ0v) is 14.1. The lowest BCUT2D eigenvalue weighted by Gasteiger charge is -2.26. The molecule has 1 saturated heterocycles. The van der Waals surface area contributed by atoms with Gasteiger partial charge < -0.3 is 4.90 Å². The summed E-state index contributed by atoms with van der Waals surface area (Å²) in [6.45, 7) is 4.90. The molecule has 4 nitrogen and oxygen atoms in total. The molecule has 4 heteroatoms. The number of hydrogen-bond acceptors (Lipinski definition) is 3. The van der Waals surface area contributed by atoms with Crippen LogP contribution in [0.1, 0.15) is 41.4 Å². The molecule has 0 aliphatic carbocycles. The summed E-state index contributed by atoms with van der Waals surface area (Å²) in [5, 5.41) is 0. The van der Waals surface area contributed by atoms with E-state index < -0.39 is 0 Å². The number of rotatable bonds is 2. The lowest BCUT2D eigenvalue weighted by molar-refractivity contribution is 0.0975. The standard InChI is InChI=1S/C20H23N3O/c1-2-15-8-5-11-21-19(15)20(24)23-14-17-9-6-12-22(17)13-16-7-3-4-10-18(16)23/h3-5,7-8,10-11,17H,2,6,9,12-14H2,1H3/t17-/m1/s1. The van der Waals surface area contributed by atoms with E-state index in [1.54, 1.807) is 6.20 Å². The first-order valence-electron chi connectivity index (χ1n) is 8.85. The number of aryl methyl sites for hydroxylation is 1. The number of amides is 1. The van der Waals surface area contributed by atoms with Crippen LogP contribution in [0, 0.1) is 0 Å². The fraction of sp³-hybridized carbons (Fsp3) is 0.400. The first-order valence-corrected chi connectivity index (χ1v) is 8.85. The Bertz CT molecular complexity index is 758. The van der Waals surface area contributed by atoms with Gasteiger partial charge in [-0.25, -0.2) is 0 Å². The van der Waals surface area contributed by atoms with Gasteiger partial charge in [0.1, 0.15) is 5.69 Å². The number of fused-ring (bicyclic) bond motifs is 2. The minimum atomic E-state index is 0.0358. The number of carbonyl (C=O) groups is 1. The largest absolute Gasteiger partial charge is 0.305 e. The van der Waals surface area contributed by atoms with Crippen molar-refractivity contribution < 1.29 is 4.79 Å². The van der Waals surface area contributed by atoms with Crippen molar-refractivity contribution in [1.82, 2.24) is 9.88 Å². The smallest absolute Gasteiger partial charge is 0.277 e. The van der Waals surface area contributed by atoms with Crippen molar-refractivity contribution >= 4 is 11.6 Å². The Morgan fingerprint density at radius 1 is 1.25 bits per heavy atom. The summed E-state index contributed by atoms with van der Waals surface area (Å²) < 4.78 is 0. The SMILES string of the molecule is CCc1cccnc1C(=O)N1C[C@H]2CCCN2Cc2ccccc21. The second-order valence-electron chi connectivity index (χ2n) is 6.68. The lowest BCUT2D eigenvalue weighted by Crippen LogP contribution is -2.41. The van der Waals surface area contributed by atoms with Gasteiger partial charge in [-0.3, -0.25) is 14.7 Å². The summed E-state index contributed by atoms with van der Waals surface area (Å²) in [6, 6.07) is 12.7. The molecule has 4 rings (SSSR count). The van der Waals surface area contributed by atoms with Gasteiger partial charge in [-0.1, -0.05) is 31.2 Å². The van der Waals surface area contributed by atoms with Crippen molar-refractivity contribution in [2.75, 3.05) is 18.0 Å². The van der Waals surface area contributed by atoms with E-state index in [0.717, 1.165) is 37.3 Å². The maximum absolute atomic E-state index is 13.3. The molecule has 1 atom stereocenters. The average Bonchev–Trinajstić information content (AvgIpc) is 3.00. The van der Waals surface area contributed by atoms with Gasteiger partial charge in [-0.05, 0) is 49.1 Å². The van der Waals surface area contributed by atoms with E-state index in [9.17, 15) is 4.79 Å². The van der Waals surface area contributed by atoms with Gasteiger partial charge in [0.15, 0.2) is 0 Å². The highest BCUT2D eigenvalue weighted by Crippen LogP contribution is 2.32. The quantitative estimate of drug-likeness (QED) is 0.852. The summed E-state index contributed by atoms with van der Waals surface area (Å²) in [7, 11) is 0. The highest BCUT2D eigenvalue weighted by molar-refractivity contribution is 6.06. The predicted molar refractivity (Wildman–Crippen MR) is 95.2 cm³/mol. The lowest BCUT2D eigenvalue weighted by atomic mass is 10.1. The summed E-state index contributed by atoms with van der Waals surface area (Å²) in [5.74, 6) is 0.0358. The van der Waals surface area contributed by atoms with Crippen molar-refractivity contribution in [1.29, 1.82) is 0 Å². The number of nitrogens with zero attached hydrogens (tertiary/aromatic N) is 3. The van der Waals surface area contributed by atoms with Crippen molar-refractivity contribution in [2.24, 2.45) is 0 Å². The zero-order valence-electron chi connectivity index (χ0n) is 14.1. The number of anilines is 1. The van der Waals surface area contributed by atoms with E-state index in [0.29, 0.717) is 11.7 Å². The summed E-state index contributed by atoms with van der Waals surface area (Å²) in [5.41, 5.74) is 3.91. The van der Waals surface area contributed by atoms with Gasteiger partial charge in [-0.2, -0.15) is 0 Å². The molecule has 2 aliphatic rings. The van der Waals surface area contributed by atoms with Crippen LogP contribution in [0.25, 0.3) is 0 Å². The molecule has 124 valence electrons. The molecule has 1 aromatic carbocycles. The maximum Gasteiger partial charge on any atom is 0.277 e. The molecule has 0 saturated carbocycles. The first kappa shape index (κ1) is 15.3. The van der Waals surface area contributed by atoms with Crippen LogP contribution in [0.2, 0.25) is 0 Å². The molecule has 3 heterocycles. The minimum Gasteiger partial charge on any atom is -0.305 e. The third-order valence-electron chi connectivity index (χ3n) is 5.27. The van der Waals surface area contributed by atoms with Crippen molar-refractivity contribution in [3.8, 4) is 0 Å². The highest BCUT2D eigenvalue weighted by Gasteiger charge is 2.34. The van der Waals surface area contributed by atoms with E-state index in [4.69, 9.17) is 0 Å². The van der Waals surface area contributed by atoms with Crippen molar-refractivity contribution in [3.05, 3.63) is 59.4 Å². The Balaban J connectivity index is 1.76. The van der Waals surface area contributed by atoms with E-state index in [1.807, 2.05) is 23.1 Å². The topological polar surface area (TPSA) is 36.4 Å². The number of hydrogen-bond donors (Lipinski definition) is 0. The Morgan fingerprint density at radius 3 is 3.00 bits per heavy atom. The average molecular weight is 321 g/mol. The molecule has 24 heavy (non-hydrogen) atoms. The first-order chi connectivity index (χ1) is 11.8. The number of aromatic nitrogens is 1. The zero-order chi connectivity index (χ0) is 16.5. The van der Waals surface area contributed by atoms with Gasteiger partial charge >= 0.3 is 0 Å². The van der Waals surface area contributed by atoms with Gasteiger partial charge in [0.25, 0.3) is 5.91 Å². The molecule has 2 aliphatic heterocycles. The highest BCUT2D eigenvalue weighted by atomic mass is 16.2. The van der Waals surface area contributed by atoms with Crippen LogP contribution in [0.15, 0.2) is 42.6 Å². The molecule has 1 amide bonds. The van der Waals surface area contributed by atoms with Gasteiger partial charge in [0, 0.05) is 31.0 Å². The number of pyridine rings is 1. The van der Waals surface area contributed by atoms with E-state index in [1.165, 1.54) is 18.4 Å². The molecule has 0 bridgehead atoms. The summed E-state index contributed by atoms with van der Waals surface area (Å²) >= 11 is 0. The summed E-state index contributed by atoms with van der Waals surface area (Å²) in [4.78, 5) is 22.2. The monoisotopic (exact) mass is 321 g/mol. The van der Waals surface area contributed by atoms with Crippen LogP contribution >= 0.6 is 0 Å². The minimum absolute atomic E-state index is 0.0358. The Kier molecular flexibility index (Phi) is 4.07. The number of benzene rings is 1. The van der Waals surface area contributed by atoms with Crippen LogP contribution in [0.3, 0.4) is 0 Å². The summed E-state index contributed by atoms with van der Waals surface area (Å²) in [6.07, 6.45) is 4.93. The molecular weight excluding hydrogens is 298 g/mol. The van der Waals surface area contributed by atoms with Crippen LogP contribution < -0.4 is 4.90 Å². The van der Waals surface area contributed by atoms with Crippen LogP contribution in [0.4, 0.5) is 5.69 Å². The molecular formula is C20H23N3O. The number of para-hydroxylation sites is 1. The Morgan fingerprint density at radius 2 is 2.12 bits per heavy atom. The fourth-order valence-electron chi connectivity index (χ4n) is 3.98. The van der Waals surface area contributed by atoms with Crippen molar-refractivity contribution in [2.45, 2.75) is 38.8 Å². The third kappa shape index (κ3) is 2.61. The van der Waals surface area contributed by atoms with E-state index in [-0.39, 0.29) is 5.91 Å². The molecule has 2 aromatic rings. The van der Waals surface area contributed by atoms with Crippen molar-refractivity contribution in [3.63, 3.8) is 0 Å². The molecule has 1 aromatic heterocycles. The third-order valence-corrected chi connectivity index (χ3v) is 5.27. The van der Waals surface area contributed by atoms with Gasteiger partial charge in [0.2, 0.25) is 0 Å². The molecule has 0 unspecified atom stereocenters. The van der Waals surface area contributed by atoms with E-state index >= 15 is 0 Å². The normalized spacial score (nSPS) is 20.4. The fourth-order valence-corrected chi connectivity index (χ4v) is 3.98.